The lowest BCUT2D eigenvalue weighted by molar-refractivity contribution is -0.0523. The van der Waals surface area contributed by atoms with Gasteiger partial charge in [-0.3, -0.25) is 0 Å². The van der Waals surface area contributed by atoms with Crippen LogP contribution in [0.15, 0.2) is 0 Å². The molecule has 1 saturated heterocycles. The molecule has 1 rings (SSSR count). The van der Waals surface area contributed by atoms with E-state index in [0.717, 1.165) is 19.4 Å². The molecule has 1 atom stereocenters. The van der Waals surface area contributed by atoms with E-state index >= 15 is 0 Å². The minimum absolute atomic E-state index is 0.0580. The predicted molar refractivity (Wildman–Crippen MR) is 51.2 cm³/mol. The Labute approximate surface area is 79.8 Å². The van der Waals surface area contributed by atoms with Crippen molar-refractivity contribution in [3.8, 4) is 12.3 Å². The maximum Gasteiger partial charge on any atom is 0.159 e. The van der Waals surface area contributed by atoms with E-state index in [0.29, 0.717) is 19.3 Å². The molecule has 1 fully saturated rings. The van der Waals surface area contributed by atoms with Crippen molar-refractivity contribution >= 4 is 0 Å². The average Bonchev–Trinajstić information content (AvgIpc) is 2.58. The lowest BCUT2D eigenvalue weighted by Gasteiger charge is -2.18. The Bertz CT molecular complexity index is 170. The first-order valence-electron chi connectivity index (χ1n) is 4.77. The molecule has 1 heterocycles. The Morgan fingerprint density at radius 1 is 1.54 bits per heavy atom. The van der Waals surface area contributed by atoms with E-state index in [1.165, 1.54) is 0 Å². The van der Waals surface area contributed by atoms with Crippen molar-refractivity contribution in [2.45, 2.75) is 32.1 Å². The second kappa shape index (κ2) is 5.98. The fourth-order valence-corrected chi connectivity index (χ4v) is 1.45. The van der Waals surface area contributed by atoms with Gasteiger partial charge in [-0.25, -0.2) is 0 Å². The van der Waals surface area contributed by atoms with Crippen molar-refractivity contribution in [1.82, 2.24) is 5.32 Å². The summed E-state index contributed by atoms with van der Waals surface area (Å²) in [4.78, 5) is 0. The first-order chi connectivity index (χ1) is 6.36. The van der Waals surface area contributed by atoms with Crippen molar-refractivity contribution in [3.05, 3.63) is 0 Å². The Balaban J connectivity index is 2.24. The minimum Gasteiger partial charge on any atom is -0.350 e. The van der Waals surface area contributed by atoms with Crippen molar-refractivity contribution in [2.75, 3.05) is 19.8 Å². The van der Waals surface area contributed by atoms with E-state index < -0.39 is 0 Å². The van der Waals surface area contributed by atoms with E-state index in [2.05, 4.69) is 18.2 Å². The molecule has 1 N–H and O–H groups in total. The van der Waals surface area contributed by atoms with Crippen molar-refractivity contribution in [1.29, 1.82) is 0 Å². The molecule has 0 saturated carbocycles. The molecule has 74 valence electrons. The van der Waals surface area contributed by atoms with E-state index in [4.69, 9.17) is 15.9 Å². The molecule has 3 nitrogen and oxygen atoms in total. The number of ether oxygens (including phenoxy) is 2. The van der Waals surface area contributed by atoms with Gasteiger partial charge in [0, 0.05) is 18.9 Å². The van der Waals surface area contributed by atoms with Gasteiger partial charge in [0.25, 0.3) is 0 Å². The Morgan fingerprint density at radius 2 is 2.23 bits per heavy atom. The summed E-state index contributed by atoms with van der Waals surface area (Å²) in [6.07, 6.45) is 6.78. The molecule has 1 unspecified atom stereocenters. The molecule has 1 aliphatic rings. The highest BCUT2D eigenvalue weighted by molar-refractivity contribution is 4.90. The molecule has 0 bridgehead atoms. The van der Waals surface area contributed by atoms with Gasteiger partial charge < -0.3 is 14.8 Å². The minimum atomic E-state index is -0.0580. The number of terminal acetylenes is 1. The number of nitrogens with one attached hydrogen (secondary N) is 1. The lowest BCUT2D eigenvalue weighted by atomic mass is 10.1. The zero-order valence-corrected chi connectivity index (χ0v) is 8.08. The van der Waals surface area contributed by atoms with Gasteiger partial charge in [0.1, 0.15) is 0 Å². The third-order valence-corrected chi connectivity index (χ3v) is 2.02. The molecular formula is C10H17NO2. The maximum absolute atomic E-state index is 5.35. The van der Waals surface area contributed by atoms with E-state index in [1.54, 1.807) is 0 Å². The number of hydrogen-bond acceptors (Lipinski definition) is 3. The Morgan fingerprint density at radius 3 is 2.77 bits per heavy atom. The monoisotopic (exact) mass is 183 g/mol. The van der Waals surface area contributed by atoms with Crippen LogP contribution in [0.5, 0.6) is 0 Å². The van der Waals surface area contributed by atoms with Gasteiger partial charge in [-0.15, -0.1) is 12.3 Å². The number of hydrogen-bond donors (Lipinski definition) is 1. The first-order valence-corrected chi connectivity index (χ1v) is 4.77. The lowest BCUT2D eigenvalue weighted by Crippen LogP contribution is -2.32. The van der Waals surface area contributed by atoms with Gasteiger partial charge in [-0.1, -0.05) is 6.92 Å². The SMILES string of the molecule is C#CCC(CC1OCCO1)NCC. The van der Waals surface area contributed by atoms with Crippen LogP contribution >= 0.6 is 0 Å². The molecule has 1 aliphatic heterocycles. The smallest absolute Gasteiger partial charge is 0.159 e. The molecule has 3 heteroatoms. The second-order valence-electron chi connectivity index (χ2n) is 3.07. The highest BCUT2D eigenvalue weighted by Crippen LogP contribution is 2.11. The summed E-state index contributed by atoms with van der Waals surface area (Å²) in [7, 11) is 0. The largest absolute Gasteiger partial charge is 0.350 e. The Hall–Kier alpha value is -0.560. The van der Waals surface area contributed by atoms with Gasteiger partial charge in [-0.2, -0.15) is 0 Å². The fraction of sp³-hybridized carbons (Fsp3) is 0.800. The van der Waals surface area contributed by atoms with Crippen molar-refractivity contribution in [3.63, 3.8) is 0 Å². The van der Waals surface area contributed by atoms with Crippen LogP contribution in [0.1, 0.15) is 19.8 Å². The summed E-state index contributed by atoms with van der Waals surface area (Å²) < 4.78 is 10.7. The van der Waals surface area contributed by atoms with Crippen LogP contribution in [-0.2, 0) is 9.47 Å². The molecule has 0 spiro atoms. The highest BCUT2D eigenvalue weighted by atomic mass is 16.7. The molecule has 0 aromatic rings. The maximum atomic E-state index is 5.35. The zero-order valence-electron chi connectivity index (χ0n) is 8.08. The summed E-state index contributed by atoms with van der Waals surface area (Å²) in [6.45, 7) is 4.41. The molecule has 0 aromatic carbocycles. The summed E-state index contributed by atoms with van der Waals surface area (Å²) in [5, 5.41) is 3.31. The van der Waals surface area contributed by atoms with Crippen molar-refractivity contribution < 1.29 is 9.47 Å². The fourth-order valence-electron chi connectivity index (χ4n) is 1.45. The van der Waals surface area contributed by atoms with Gasteiger partial charge >= 0.3 is 0 Å². The Kier molecular flexibility index (Phi) is 4.84. The normalized spacial score (nSPS) is 20.0. The summed E-state index contributed by atoms with van der Waals surface area (Å²) in [6, 6.07) is 0.318. The molecule has 0 radical (unpaired) electrons. The first kappa shape index (κ1) is 10.5. The topological polar surface area (TPSA) is 30.5 Å². The van der Waals surface area contributed by atoms with Crippen LogP contribution in [0.3, 0.4) is 0 Å². The summed E-state index contributed by atoms with van der Waals surface area (Å²) >= 11 is 0. The molecule has 13 heavy (non-hydrogen) atoms. The molecular weight excluding hydrogens is 166 g/mol. The van der Waals surface area contributed by atoms with Crippen LogP contribution in [0, 0.1) is 12.3 Å². The van der Waals surface area contributed by atoms with Gasteiger partial charge in [0.15, 0.2) is 6.29 Å². The van der Waals surface area contributed by atoms with Crippen LogP contribution in [-0.4, -0.2) is 32.1 Å². The summed E-state index contributed by atoms with van der Waals surface area (Å²) in [5.41, 5.74) is 0. The molecule has 0 amide bonds. The molecule has 0 aromatic heterocycles. The van der Waals surface area contributed by atoms with E-state index in [-0.39, 0.29) is 6.29 Å². The average molecular weight is 183 g/mol. The van der Waals surface area contributed by atoms with Crippen LogP contribution in [0.4, 0.5) is 0 Å². The third kappa shape index (κ3) is 3.77. The second-order valence-corrected chi connectivity index (χ2v) is 3.07. The van der Waals surface area contributed by atoms with Gasteiger partial charge in [0.05, 0.1) is 13.2 Å². The predicted octanol–water partition coefficient (Wildman–Crippen LogP) is 0.751. The quantitative estimate of drug-likeness (QED) is 0.638. The standard InChI is InChI=1S/C10H17NO2/c1-3-5-9(11-4-2)8-10-12-6-7-13-10/h1,9-11H,4-8H2,2H3. The third-order valence-electron chi connectivity index (χ3n) is 2.02. The summed E-state index contributed by atoms with van der Waals surface area (Å²) in [5.74, 6) is 2.65. The molecule has 0 aliphatic carbocycles. The van der Waals surface area contributed by atoms with Crippen LogP contribution < -0.4 is 5.32 Å². The zero-order chi connectivity index (χ0) is 9.52. The highest BCUT2D eigenvalue weighted by Gasteiger charge is 2.20. The van der Waals surface area contributed by atoms with Crippen LogP contribution in [0.2, 0.25) is 0 Å². The number of rotatable bonds is 5. The van der Waals surface area contributed by atoms with Crippen LogP contribution in [0.25, 0.3) is 0 Å². The van der Waals surface area contributed by atoms with E-state index in [9.17, 15) is 0 Å². The van der Waals surface area contributed by atoms with Crippen molar-refractivity contribution in [2.24, 2.45) is 0 Å². The van der Waals surface area contributed by atoms with E-state index in [1.807, 2.05) is 0 Å². The van der Waals surface area contributed by atoms with Gasteiger partial charge in [0.2, 0.25) is 0 Å². The van der Waals surface area contributed by atoms with Gasteiger partial charge in [-0.05, 0) is 6.54 Å².